The van der Waals surface area contributed by atoms with Gasteiger partial charge in [-0.3, -0.25) is 4.79 Å². The van der Waals surface area contributed by atoms with Crippen LogP contribution >= 0.6 is 0 Å². The first-order valence-electron chi connectivity index (χ1n) is 5.16. The number of rotatable bonds is 7. The number of aliphatic hydroxyl groups excluding tert-OH is 1. The lowest BCUT2D eigenvalue weighted by atomic mass is 9.94. The molecule has 1 atom stereocenters. The van der Waals surface area contributed by atoms with Gasteiger partial charge in [-0.25, -0.2) is 0 Å². The summed E-state index contributed by atoms with van der Waals surface area (Å²) in [6, 6.07) is -0.254. The van der Waals surface area contributed by atoms with Crippen molar-refractivity contribution >= 4 is 5.91 Å². The van der Waals surface area contributed by atoms with E-state index >= 15 is 0 Å². The highest BCUT2D eigenvalue weighted by Gasteiger charge is 2.19. The Bertz CT molecular complexity index is 215. The summed E-state index contributed by atoms with van der Waals surface area (Å²) >= 11 is 0. The molecule has 3 N–H and O–H groups in total. The second-order valence-corrected chi connectivity index (χ2v) is 4.46. The summed E-state index contributed by atoms with van der Waals surface area (Å²) in [6.45, 7) is 10.4. The van der Waals surface area contributed by atoms with Gasteiger partial charge in [-0.05, 0) is 6.92 Å². The van der Waals surface area contributed by atoms with Crippen LogP contribution < -0.4 is 10.6 Å². The van der Waals surface area contributed by atoms with Crippen molar-refractivity contribution in [2.75, 3.05) is 19.7 Å². The summed E-state index contributed by atoms with van der Waals surface area (Å²) in [4.78, 5) is 11.4. The highest BCUT2D eigenvalue weighted by atomic mass is 16.3. The molecule has 0 aliphatic carbocycles. The third-order valence-electron chi connectivity index (χ3n) is 2.13. The predicted octanol–water partition coefficient (Wildman–Crippen LogP) is 0.285. The molecular formula is C11H22N2O2. The van der Waals surface area contributed by atoms with E-state index in [4.69, 9.17) is 5.11 Å². The van der Waals surface area contributed by atoms with Gasteiger partial charge in [0, 0.05) is 25.1 Å². The van der Waals surface area contributed by atoms with Crippen LogP contribution in [0, 0.1) is 5.41 Å². The molecule has 0 aromatic carbocycles. The minimum atomic E-state index is -0.254. The average molecular weight is 214 g/mol. The quantitative estimate of drug-likeness (QED) is 0.534. The van der Waals surface area contributed by atoms with Gasteiger partial charge in [0.05, 0.1) is 6.04 Å². The lowest BCUT2D eigenvalue weighted by molar-refractivity contribution is -0.122. The van der Waals surface area contributed by atoms with Gasteiger partial charge >= 0.3 is 0 Å². The van der Waals surface area contributed by atoms with Crippen molar-refractivity contribution in [2.45, 2.75) is 26.8 Å². The number of aliphatic hydroxyl groups is 1. The van der Waals surface area contributed by atoms with Gasteiger partial charge in [0.1, 0.15) is 0 Å². The number of hydrogen-bond acceptors (Lipinski definition) is 3. The Labute approximate surface area is 91.8 Å². The van der Waals surface area contributed by atoms with Crippen molar-refractivity contribution in [1.82, 2.24) is 10.6 Å². The van der Waals surface area contributed by atoms with Gasteiger partial charge in [-0.15, -0.1) is 6.58 Å². The third-order valence-corrected chi connectivity index (χ3v) is 2.13. The number of hydrogen-bond donors (Lipinski definition) is 3. The Morgan fingerprint density at radius 2 is 2.20 bits per heavy atom. The van der Waals surface area contributed by atoms with Crippen molar-refractivity contribution in [3.63, 3.8) is 0 Å². The van der Waals surface area contributed by atoms with E-state index in [1.807, 2.05) is 13.8 Å². The van der Waals surface area contributed by atoms with Crippen molar-refractivity contribution in [1.29, 1.82) is 0 Å². The first-order chi connectivity index (χ1) is 6.93. The maximum Gasteiger partial charge on any atom is 0.237 e. The van der Waals surface area contributed by atoms with Crippen LogP contribution in [0.1, 0.15) is 20.8 Å². The first-order valence-corrected chi connectivity index (χ1v) is 5.16. The smallest absolute Gasteiger partial charge is 0.237 e. The highest BCUT2D eigenvalue weighted by Crippen LogP contribution is 2.11. The highest BCUT2D eigenvalue weighted by molar-refractivity contribution is 5.81. The molecular weight excluding hydrogens is 192 g/mol. The molecule has 88 valence electrons. The second kappa shape index (κ2) is 6.58. The van der Waals surface area contributed by atoms with Gasteiger partial charge < -0.3 is 15.7 Å². The van der Waals surface area contributed by atoms with Crippen molar-refractivity contribution < 1.29 is 9.90 Å². The van der Waals surface area contributed by atoms with Crippen LogP contribution in [-0.4, -0.2) is 36.8 Å². The van der Waals surface area contributed by atoms with Crippen LogP contribution in [0.3, 0.4) is 0 Å². The maximum absolute atomic E-state index is 11.4. The number of amides is 1. The second-order valence-electron chi connectivity index (χ2n) is 4.46. The summed E-state index contributed by atoms with van der Waals surface area (Å²) in [5.41, 5.74) is -0.201. The molecule has 0 aromatic rings. The minimum absolute atomic E-state index is 0.0522. The summed E-state index contributed by atoms with van der Waals surface area (Å²) in [5.74, 6) is -0.0522. The van der Waals surface area contributed by atoms with E-state index in [-0.39, 0.29) is 24.0 Å². The zero-order chi connectivity index (χ0) is 11.9. The van der Waals surface area contributed by atoms with E-state index < -0.39 is 0 Å². The van der Waals surface area contributed by atoms with E-state index in [0.717, 1.165) is 0 Å². The Hall–Kier alpha value is -0.870. The van der Waals surface area contributed by atoms with Gasteiger partial charge in [0.25, 0.3) is 0 Å². The average Bonchev–Trinajstić information content (AvgIpc) is 2.22. The van der Waals surface area contributed by atoms with E-state index in [9.17, 15) is 4.79 Å². The molecule has 0 heterocycles. The lowest BCUT2D eigenvalue weighted by Crippen LogP contribution is -2.46. The van der Waals surface area contributed by atoms with Crippen LogP contribution in [0.25, 0.3) is 0 Å². The van der Waals surface area contributed by atoms with E-state index in [2.05, 4.69) is 17.2 Å². The molecule has 0 saturated carbocycles. The fraction of sp³-hybridized carbons (Fsp3) is 0.727. The molecule has 1 unspecified atom stereocenters. The fourth-order valence-electron chi connectivity index (χ4n) is 0.904. The standard InChI is InChI=1S/C11H22N2O2/c1-5-6-12-10(15)9(2)13-7-11(3,4)8-14/h5,9,13-14H,1,6-8H2,2-4H3,(H,12,15). The fourth-order valence-corrected chi connectivity index (χ4v) is 0.904. The summed E-state index contributed by atoms with van der Waals surface area (Å²) in [7, 11) is 0. The van der Waals surface area contributed by atoms with E-state index in [1.165, 1.54) is 0 Å². The van der Waals surface area contributed by atoms with Crippen molar-refractivity contribution in [3.05, 3.63) is 12.7 Å². The predicted molar refractivity (Wildman–Crippen MR) is 61.5 cm³/mol. The molecule has 0 radical (unpaired) electrons. The van der Waals surface area contributed by atoms with Crippen molar-refractivity contribution in [2.24, 2.45) is 5.41 Å². The molecule has 0 aliphatic rings. The number of carbonyl (C=O) groups is 1. The van der Waals surface area contributed by atoms with E-state index in [1.54, 1.807) is 13.0 Å². The molecule has 0 fully saturated rings. The molecule has 0 aromatic heterocycles. The number of carbonyl (C=O) groups excluding carboxylic acids is 1. The SMILES string of the molecule is C=CCNC(=O)C(C)NCC(C)(C)CO. The molecule has 4 nitrogen and oxygen atoms in total. The Morgan fingerprint density at radius 3 is 2.67 bits per heavy atom. The lowest BCUT2D eigenvalue weighted by Gasteiger charge is -2.24. The normalized spacial score (nSPS) is 13.3. The van der Waals surface area contributed by atoms with Gasteiger partial charge in [-0.2, -0.15) is 0 Å². The largest absolute Gasteiger partial charge is 0.396 e. The number of nitrogens with one attached hydrogen (secondary N) is 2. The molecule has 15 heavy (non-hydrogen) atoms. The zero-order valence-corrected chi connectivity index (χ0v) is 9.84. The summed E-state index contributed by atoms with van der Waals surface area (Å²) < 4.78 is 0. The third kappa shape index (κ3) is 6.25. The topological polar surface area (TPSA) is 61.4 Å². The van der Waals surface area contributed by atoms with Gasteiger partial charge in [0.15, 0.2) is 0 Å². The molecule has 4 heteroatoms. The van der Waals surface area contributed by atoms with Crippen LogP contribution in [0.5, 0.6) is 0 Å². The van der Waals surface area contributed by atoms with Crippen LogP contribution in [0.4, 0.5) is 0 Å². The summed E-state index contributed by atoms with van der Waals surface area (Å²) in [6.07, 6.45) is 1.64. The Kier molecular flexibility index (Phi) is 6.20. The van der Waals surface area contributed by atoms with Crippen LogP contribution in [0.15, 0.2) is 12.7 Å². The Balaban J connectivity index is 3.87. The zero-order valence-electron chi connectivity index (χ0n) is 9.84. The molecule has 0 aliphatic heterocycles. The molecule has 0 rings (SSSR count). The summed E-state index contributed by atoms with van der Waals surface area (Å²) in [5, 5.41) is 14.8. The van der Waals surface area contributed by atoms with Crippen molar-refractivity contribution in [3.8, 4) is 0 Å². The first kappa shape index (κ1) is 14.1. The van der Waals surface area contributed by atoms with E-state index in [0.29, 0.717) is 13.1 Å². The molecule has 0 saturated heterocycles. The minimum Gasteiger partial charge on any atom is -0.396 e. The molecule has 1 amide bonds. The molecule has 0 bridgehead atoms. The van der Waals surface area contributed by atoms with Gasteiger partial charge in [0.2, 0.25) is 5.91 Å². The molecule has 0 spiro atoms. The van der Waals surface area contributed by atoms with Crippen LogP contribution in [0.2, 0.25) is 0 Å². The Morgan fingerprint density at radius 1 is 1.60 bits per heavy atom. The maximum atomic E-state index is 11.4. The van der Waals surface area contributed by atoms with Gasteiger partial charge in [-0.1, -0.05) is 19.9 Å². The monoisotopic (exact) mass is 214 g/mol. The van der Waals surface area contributed by atoms with Crippen LogP contribution in [-0.2, 0) is 4.79 Å².